The van der Waals surface area contributed by atoms with Crippen molar-refractivity contribution in [2.45, 2.75) is 181 Å². The monoisotopic (exact) mass is 1580 g/mol. The molecule has 3 N–H and O–H groups in total. The van der Waals surface area contributed by atoms with Gasteiger partial charge in [-0.05, 0) is 218 Å². The van der Waals surface area contributed by atoms with Gasteiger partial charge in [-0.25, -0.2) is 13.1 Å². The van der Waals surface area contributed by atoms with E-state index in [1.165, 1.54) is 11.0 Å². The number of nitrogens with zero attached hydrogens (tertiary/aromatic N) is 15. The van der Waals surface area contributed by atoms with Crippen LogP contribution in [0.15, 0.2) is 101 Å². The number of halogens is 3. The number of benzene rings is 3. The van der Waals surface area contributed by atoms with Gasteiger partial charge in [-0.15, -0.1) is 0 Å². The number of fused-ring (bicyclic) bond motifs is 6. The molecule has 0 radical (unpaired) electrons. The number of likely N-dealkylation sites (N-methyl/N-ethyl adjacent to an activating group) is 3. The molecular weight excluding hydrogens is 1500 g/mol. The highest BCUT2D eigenvalue weighted by Gasteiger charge is 2.57. The van der Waals surface area contributed by atoms with Crippen molar-refractivity contribution in [2.24, 2.45) is 17.8 Å². The maximum Gasteiger partial charge on any atom is 0.290 e. The zero-order valence-electron chi connectivity index (χ0n) is 62.5. The van der Waals surface area contributed by atoms with E-state index in [4.69, 9.17) is 48.9 Å². The molecule has 4 saturated carbocycles. The molecule has 580 valence electrons. The van der Waals surface area contributed by atoms with Crippen LogP contribution in [0.25, 0.3) is 0 Å². The number of anilines is 3. The molecule has 6 aliphatic heterocycles. The number of aromatic nitrogens is 8. The molecule has 18 rings (SSSR count). The van der Waals surface area contributed by atoms with Crippen LogP contribution in [0.3, 0.4) is 0 Å². The smallest absolute Gasteiger partial charge is 0.290 e. The van der Waals surface area contributed by atoms with Crippen molar-refractivity contribution in [3.05, 3.63) is 174 Å². The van der Waals surface area contributed by atoms with Crippen LogP contribution in [0.4, 0.5) is 17.1 Å². The van der Waals surface area contributed by atoms with E-state index in [2.05, 4.69) is 69.0 Å². The normalized spacial score (nSPS) is 25.4. The lowest BCUT2D eigenvalue weighted by molar-refractivity contribution is -0.125. The summed E-state index contributed by atoms with van der Waals surface area (Å²) in [5, 5.41) is 39.0. The molecule has 7 fully saturated rings. The Kier molecular flexibility index (Phi) is 18.8. The lowest BCUT2D eigenvalue weighted by Crippen LogP contribution is -2.47. The van der Waals surface area contributed by atoms with Gasteiger partial charge < -0.3 is 34.4 Å². The van der Waals surface area contributed by atoms with Crippen LogP contribution >= 0.6 is 34.8 Å². The minimum atomic E-state index is -4.26. The standard InChI is InChI=1S/C80H89Cl3N18O9S/c1-46-19-68(109-90-46)73(102)88-56-20-47(21-56)40-99-43-51(34-85-99)38-97-15-9-79(10-16-97)64-29-54(82)26-61(71(64)94(3)76(79)105)59-31-60(59)66-32-69(110-91-66)74(103)89-57-22-48(23-57)41-100-44-52(35-86-100)39-98-17-11-80(12-18-98)65-30-55(83)27-62(72(65)95(4)77(80)106)70(33-84)111(107,108)92-58-24-49(25-58)42-101-45-50(36-87-101)37-96-13-7-78(8-14-96)63-28-53(81)5-6-67(63)93(2)75(78)104/h5-6,19,26-30,32,34-36,43-45,47-49,56-60,70,92H,7-18,20-25,31,37-42H2,1-4H3,(H,88,102)(H,89,103)/t47-,48-,49-,56-,57-,58-,59?,60?,70?. The fourth-order valence-corrected chi connectivity index (χ4v) is 22.2. The number of sulfonamides is 1. The number of likely N-dealkylation sites (tertiary alicyclic amines) is 3. The van der Waals surface area contributed by atoms with E-state index in [1.54, 1.807) is 37.1 Å². The molecular formula is C80H89Cl3N18O9S. The summed E-state index contributed by atoms with van der Waals surface area (Å²) in [6, 6.07) is 18.1. The second-order valence-corrected chi connectivity index (χ2v) is 36.5. The Balaban J connectivity index is 0.427. The van der Waals surface area contributed by atoms with Gasteiger partial charge in [0.15, 0.2) is 5.25 Å². The minimum Gasteiger partial charge on any atom is -0.351 e. The average molecular weight is 1590 g/mol. The highest BCUT2D eigenvalue weighted by atomic mass is 35.5. The number of aryl methyl sites for hydroxylation is 1. The van der Waals surface area contributed by atoms with E-state index in [0.717, 1.165) is 116 Å². The molecule has 5 amide bonds. The quantitative estimate of drug-likeness (QED) is 0.0568. The number of piperidine rings is 3. The van der Waals surface area contributed by atoms with E-state index < -0.39 is 31.5 Å². The fourth-order valence-electron chi connectivity index (χ4n) is 20.1. The third-order valence-corrected chi connectivity index (χ3v) is 28.5. The number of nitriles is 1. The summed E-state index contributed by atoms with van der Waals surface area (Å²) in [6.07, 6.45) is 20.8. The van der Waals surface area contributed by atoms with Crippen molar-refractivity contribution in [1.29, 1.82) is 5.26 Å². The zero-order valence-corrected chi connectivity index (χ0v) is 65.5. The number of hydrogen-bond donors (Lipinski definition) is 3. The fraction of sp³-hybridized carbons (Fsp3) is 0.512. The van der Waals surface area contributed by atoms with E-state index >= 15 is 0 Å². The first-order chi connectivity index (χ1) is 53.4. The van der Waals surface area contributed by atoms with Gasteiger partial charge in [0.1, 0.15) is 0 Å². The molecule has 3 unspecified atom stereocenters. The van der Waals surface area contributed by atoms with Gasteiger partial charge >= 0.3 is 0 Å². The summed E-state index contributed by atoms with van der Waals surface area (Å²) in [4.78, 5) is 80.9. The Morgan fingerprint density at radius 1 is 0.550 bits per heavy atom. The van der Waals surface area contributed by atoms with Gasteiger partial charge in [-0.3, -0.25) is 52.7 Å². The predicted octanol–water partition coefficient (Wildman–Crippen LogP) is 9.70. The van der Waals surface area contributed by atoms with Crippen molar-refractivity contribution >= 4 is 91.4 Å². The van der Waals surface area contributed by atoms with Crippen LogP contribution in [0, 0.1) is 36.0 Å². The van der Waals surface area contributed by atoms with Crippen molar-refractivity contribution < 1.29 is 41.4 Å². The van der Waals surface area contributed by atoms with Gasteiger partial charge in [-0.2, -0.15) is 20.6 Å². The summed E-state index contributed by atoms with van der Waals surface area (Å²) in [6.45, 7) is 10.1. The number of carbonyl (C=O) groups is 5. The van der Waals surface area contributed by atoms with Crippen molar-refractivity contribution in [2.75, 3.05) is 75.1 Å². The first-order valence-corrected chi connectivity index (χ1v) is 41.5. The molecule has 10 aliphatic rings. The summed E-state index contributed by atoms with van der Waals surface area (Å²) in [5.41, 5.74) is 8.58. The molecule has 3 atom stereocenters. The van der Waals surface area contributed by atoms with Crippen LogP contribution in [-0.4, -0.2) is 171 Å². The molecule has 8 aromatic rings. The Morgan fingerprint density at radius 2 is 0.991 bits per heavy atom. The highest BCUT2D eigenvalue weighted by Crippen LogP contribution is 2.61. The van der Waals surface area contributed by atoms with Gasteiger partial charge in [0.25, 0.3) is 11.8 Å². The van der Waals surface area contributed by atoms with Crippen molar-refractivity contribution in [3.63, 3.8) is 0 Å². The largest absolute Gasteiger partial charge is 0.351 e. The number of amides is 5. The van der Waals surface area contributed by atoms with Gasteiger partial charge in [0.2, 0.25) is 39.3 Å². The topological polar surface area (TPSA) is 304 Å². The summed E-state index contributed by atoms with van der Waals surface area (Å²) in [5.74, 6) is 0.870. The molecule has 31 heteroatoms. The second-order valence-electron chi connectivity index (χ2n) is 33.4. The third kappa shape index (κ3) is 13.4. The summed E-state index contributed by atoms with van der Waals surface area (Å²) < 4.78 is 48.1. The second kappa shape index (κ2) is 28.4. The van der Waals surface area contributed by atoms with Crippen LogP contribution in [-0.2, 0) is 79.9 Å². The number of nitrogens with one attached hydrogen (secondary N) is 3. The number of carbonyl (C=O) groups excluding carboxylic acids is 5. The van der Waals surface area contributed by atoms with Crippen LogP contribution < -0.4 is 30.1 Å². The van der Waals surface area contributed by atoms with Crippen LogP contribution in [0.2, 0.25) is 15.1 Å². The molecule has 27 nitrogen and oxygen atoms in total. The third-order valence-electron chi connectivity index (χ3n) is 26.2. The highest BCUT2D eigenvalue weighted by molar-refractivity contribution is 7.90. The molecule has 11 heterocycles. The van der Waals surface area contributed by atoms with E-state index in [1.807, 2.05) is 88.2 Å². The molecule has 111 heavy (non-hydrogen) atoms. The van der Waals surface area contributed by atoms with Gasteiger partial charge in [0.05, 0.1) is 63.7 Å². The maximum absolute atomic E-state index is 14.5. The summed E-state index contributed by atoms with van der Waals surface area (Å²) in [7, 11) is 1.10. The Morgan fingerprint density at radius 3 is 1.49 bits per heavy atom. The molecule has 3 saturated heterocycles. The van der Waals surface area contributed by atoms with Crippen molar-refractivity contribution in [3.8, 4) is 6.07 Å². The predicted molar refractivity (Wildman–Crippen MR) is 413 cm³/mol. The van der Waals surface area contributed by atoms with Crippen LogP contribution in [0.1, 0.15) is 178 Å². The Labute approximate surface area is 658 Å². The van der Waals surface area contributed by atoms with Crippen LogP contribution in [0.5, 0.6) is 0 Å². The maximum atomic E-state index is 14.5. The first kappa shape index (κ1) is 73.7. The first-order valence-electron chi connectivity index (χ1n) is 38.8. The van der Waals surface area contributed by atoms with E-state index in [-0.39, 0.29) is 87.5 Å². The summed E-state index contributed by atoms with van der Waals surface area (Å²) >= 11 is 20.2. The van der Waals surface area contributed by atoms with Gasteiger partial charge in [-0.1, -0.05) is 45.1 Å². The van der Waals surface area contributed by atoms with E-state index in [0.29, 0.717) is 135 Å². The molecule has 4 aliphatic carbocycles. The van der Waals surface area contributed by atoms with E-state index in [9.17, 15) is 37.7 Å². The lowest BCUT2D eigenvalue weighted by Gasteiger charge is -2.38. The number of rotatable bonds is 22. The van der Waals surface area contributed by atoms with Crippen molar-refractivity contribution in [1.82, 2.24) is 69.7 Å². The molecule has 0 bridgehead atoms. The zero-order chi connectivity index (χ0) is 76.7. The Bertz CT molecular complexity index is 5190. The van der Waals surface area contributed by atoms with Gasteiger partial charge in [0, 0.05) is 158 Å². The number of hydrogen-bond acceptors (Lipinski definition) is 18. The molecule has 5 aromatic heterocycles. The Hall–Kier alpha value is -8.79. The average Bonchev–Trinajstić information content (AvgIpc) is 1.56. The lowest BCUT2D eigenvalue weighted by atomic mass is 9.73. The molecule has 3 aromatic carbocycles. The SMILES string of the molecule is Cc1cc(C(=O)N[C@H]2C[C@H](Cn3cc(CN4CCC5(CC4)C(=O)N(C)c4c(C6CC6c6cc(C(=O)N[C@H]7C[C@H](Cn8cc(CN9CCC%10(CC9)C(=O)N(C)c9c(C(C#N)S(=O)(=O)N[C@H]%11C[C@H](Cn%12cc(CN%13CCC%14(CC%13)C(=O)N(C)c%13ccc(Cl)cc%13%14)cn%12)C%11)cc(Cl)cc9%10)cn8)C7)on6)cc(Cl)cc45)cn3)C2)on1. The molecule has 3 spiro atoms. The minimum absolute atomic E-state index is 0.00152.